The van der Waals surface area contributed by atoms with Gasteiger partial charge in [-0.2, -0.15) is 13.2 Å². The zero-order valence-corrected chi connectivity index (χ0v) is 14.1. The summed E-state index contributed by atoms with van der Waals surface area (Å²) in [5.74, 6) is 0.361. The smallest absolute Gasteiger partial charge is 0.321 e. The Kier molecular flexibility index (Phi) is 3.94. The summed E-state index contributed by atoms with van der Waals surface area (Å²) < 4.78 is 39.7. The van der Waals surface area contributed by atoms with Crippen molar-refractivity contribution >= 4 is 5.84 Å². The highest BCUT2D eigenvalue weighted by Gasteiger charge is 2.43. The number of nitrogens with zero attached hydrogens (tertiary/aromatic N) is 2. The van der Waals surface area contributed by atoms with Crippen LogP contribution in [0, 0.1) is 0 Å². The quantitative estimate of drug-likeness (QED) is 0.686. The van der Waals surface area contributed by atoms with E-state index in [2.05, 4.69) is 4.99 Å². The van der Waals surface area contributed by atoms with Crippen LogP contribution < -0.4 is 0 Å². The topological polar surface area (TPSA) is 15.6 Å². The summed E-state index contributed by atoms with van der Waals surface area (Å²) in [5, 5.41) is 0. The molecule has 0 amide bonds. The standard InChI is InChI=1S/C21H17F3N2/c1-14-12-17(21(22,23)24)13-18-25-19(15-8-4-2-5-9-15)20(26(14)18)16-10-6-3-7-11-16/h2-13,19-20H,1H3/t19-,20-/m1/s1. The minimum Gasteiger partial charge on any atom is -0.321 e. The summed E-state index contributed by atoms with van der Waals surface area (Å²) in [6.07, 6.45) is -2.04. The highest BCUT2D eigenvalue weighted by Crippen LogP contribution is 2.46. The number of benzene rings is 2. The van der Waals surface area contributed by atoms with Gasteiger partial charge in [0.25, 0.3) is 0 Å². The van der Waals surface area contributed by atoms with Crippen LogP contribution in [0.25, 0.3) is 0 Å². The largest absolute Gasteiger partial charge is 0.416 e. The van der Waals surface area contributed by atoms with Crippen molar-refractivity contribution < 1.29 is 13.2 Å². The van der Waals surface area contributed by atoms with Gasteiger partial charge in [0.2, 0.25) is 0 Å². The molecule has 0 spiro atoms. The molecule has 2 heterocycles. The number of halogens is 3. The Morgan fingerprint density at radius 3 is 2.00 bits per heavy atom. The Bertz CT molecular complexity index is 896. The minimum atomic E-state index is -4.39. The number of alkyl halides is 3. The zero-order chi connectivity index (χ0) is 18.3. The summed E-state index contributed by atoms with van der Waals surface area (Å²) in [4.78, 5) is 6.58. The van der Waals surface area contributed by atoms with E-state index in [1.165, 1.54) is 6.08 Å². The second-order valence-electron chi connectivity index (χ2n) is 6.45. The molecule has 0 saturated carbocycles. The number of aliphatic imine (C=N–C) groups is 1. The molecule has 132 valence electrons. The molecule has 2 aliphatic rings. The number of fused-ring (bicyclic) bond motifs is 1. The van der Waals surface area contributed by atoms with E-state index in [0.29, 0.717) is 11.5 Å². The number of rotatable bonds is 2. The first-order chi connectivity index (χ1) is 12.4. The van der Waals surface area contributed by atoms with E-state index in [0.717, 1.165) is 17.2 Å². The van der Waals surface area contributed by atoms with Crippen LogP contribution in [0.15, 0.2) is 89.1 Å². The van der Waals surface area contributed by atoms with Crippen molar-refractivity contribution in [2.24, 2.45) is 4.99 Å². The van der Waals surface area contributed by atoms with Gasteiger partial charge in [0, 0.05) is 5.70 Å². The van der Waals surface area contributed by atoms with Gasteiger partial charge in [0.15, 0.2) is 0 Å². The van der Waals surface area contributed by atoms with Crippen LogP contribution in [-0.2, 0) is 0 Å². The molecule has 5 heteroatoms. The number of allylic oxidation sites excluding steroid dienone is 3. The highest BCUT2D eigenvalue weighted by atomic mass is 19.4. The predicted octanol–water partition coefficient (Wildman–Crippen LogP) is 5.59. The lowest BCUT2D eigenvalue weighted by Crippen LogP contribution is -2.32. The fourth-order valence-electron chi connectivity index (χ4n) is 3.59. The molecule has 0 bridgehead atoms. The van der Waals surface area contributed by atoms with E-state index in [1.807, 2.05) is 65.6 Å². The number of hydrogen-bond acceptors (Lipinski definition) is 2. The Morgan fingerprint density at radius 1 is 0.846 bits per heavy atom. The van der Waals surface area contributed by atoms with Crippen LogP contribution in [0.4, 0.5) is 13.2 Å². The number of hydrogen-bond donors (Lipinski definition) is 0. The third kappa shape index (κ3) is 2.83. The SMILES string of the molecule is CC1=CC(C(F)(F)F)=CC2=N[C@H](c3ccccc3)[C@@H](c3ccccc3)N12. The molecule has 2 aromatic carbocycles. The molecule has 2 atom stereocenters. The van der Waals surface area contributed by atoms with E-state index < -0.39 is 11.7 Å². The Balaban J connectivity index is 1.84. The molecule has 2 nitrogen and oxygen atoms in total. The van der Waals surface area contributed by atoms with Gasteiger partial charge >= 0.3 is 6.18 Å². The van der Waals surface area contributed by atoms with Gasteiger partial charge < -0.3 is 4.90 Å². The van der Waals surface area contributed by atoms with Crippen LogP contribution in [0.2, 0.25) is 0 Å². The van der Waals surface area contributed by atoms with Crippen molar-refractivity contribution in [1.29, 1.82) is 0 Å². The predicted molar refractivity (Wildman–Crippen MR) is 95.5 cm³/mol. The van der Waals surface area contributed by atoms with Gasteiger partial charge in [-0.15, -0.1) is 0 Å². The van der Waals surface area contributed by atoms with Gasteiger partial charge in [-0.1, -0.05) is 60.7 Å². The monoisotopic (exact) mass is 354 g/mol. The van der Waals surface area contributed by atoms with Gasteiger partial charge in [-0.3, -0.25) is 4.99 Å². The summed E-state index contributed by atoms with van der Waals surface area (Å²) >= 11 is 0. The first kappa shape index (κ1) is 16.6. The second-order valence-corrected chi connectivity index (χ2v) is 6.45. The van der Waals surface area contributed by atoms with E-state index >= 15 is 0 Å². The maximum absolute atomic E-state index is 13.2. The van der Waals surface area contributed by atoms with Gasteiger partial charge in [-0.05, 0) is 30.2 Å². The molecule has 0 aromatic heterocycles. The van der Waals surface area contributed by atoms with E-state index in [4.69, 9.17) is 0 Å². The van der Waals surface area contributed by atoms with Crippen molar-refractivity contribution in [3.63, 3.8) is 0 Å². The first-order valence-corrected chi connectivity index (χ1v) is 8.39. The normalized spacial score (nSPS) is 22.5. The van der Waals surface area contributed by atoms with Crippen molar-refractivity contribution in [3.8, 4) is 0 Å². The lowest BCUT2D eigenvalue weighted by Gasteiger charge is -2.33. The summed E-state index contributed by atoms with van der Waals surface area (Å²) in [6.45, 7) is 1.71. The van der Waals surface area contributed by atoms with Crippen LogP contribution >= 0.6 is 0 Å². The fraction of sp³-hybridized carbons (Fsp3) is 0.190. The minimum absolute atomic E-state index is 0.170. The molecular weight excluding hydrogens is 337 g/mol. The fourth-order valence-corrected chi connectivity index (χ4v) is 3.59. The third-order valence-electron chi connectivity index (χ3n) is 4.73. The van der Waals surface area contributed by atoms with Crippen LogP contribution in [0.3, 0.4) is 0 Å². The molecule has 0 unspecified atom stereocenters. The van der Waals surface area contributed by atoms with Crippen molar-refractivity contribution in [3.05, 3.63) is 95.2 Å². The molecule has 0 saturated heterocycles. The lowest BCUT2D eigenvalue weighted by atomic mass is 9.93. The van der Waals surface area contributed by atoms with Gasteiger partial charge in [0.05, 0.1) is 11.6 Å². The van der Waals surface area contributed by atoms with Crippen molar-refractivity contribution in [2.45, 2.75) is 25.2 Å². The van der Waals surface area contributed by atoms with E-state index in [9.17, 15) is 13.2 Å². The van der Waals surface area contributed by atoms with Gasteiger partial charge in [0.1, 0.15) is 11.9 Å². The Hall–Kier alpha value is -2.82. The number of amidine groups is 1. The zero-order valence-electron chi connectivity index (χ0n) is 14.1. The third-order valence-corrected chi connectivity index (χ3v) is 4.73. The van der Waals surface area contributed by atoms with Crippen LogP contribution in [-0.4, -0.2) is 16.9 Å². The highest BCUT2D eigenvalue weighted by molar-refractivity contribution is 5.98. The van der Waals surface area contributed by atoms with Crippen LogP contribution in [0.5, 0.6) is 0 Å². The molecule has 2 aliphatic heterocycles. The second kappa shape index (κ2) is 6.16. The Labute approximate surface area is 150 Å². The maximum atomic E-state index is 13.2. The van der Waals surface area contributed by atoms with Crippen LogP contribution in [0.1, 0.15) is 30.1 Å². The molecule has 26 heavy (non-hydrogen) atoms. The average Bonchev–Trinajstić information content (AvgIpc) is 3.02. The van der Waals surface area contributed by atoms with Crippen molar-refractivity contribution in [1.82, 2.24) is 4.90 Å². The van der Waals surface area contributed by atoms with E-state index in [1.54, 1.807) is 6.92 Å². The lowest BCUT2D eigenvalue weighted by molar-refractivity contribution is -0.0884. The molecular formula is C21H17F3N2. The molecule has 0 fully saturated rings. The maximum Gasteiger partial charge on any atom is 0.416 e. The molecule has 0 radical (unpaired) electrons. The molecule has 2 aromatic rings. The summed E-state index contributed by atoms with van der Waals surface area (Å²) in [5.41, 5.74) is 1.89. The average molecular weight is 354 g/mol. The van der Waals surface area contributed by atoms with Crippen molar-refractivity contribution in [2.75, 3.05) is 0 Å². The summed E-state index contributed by atoms with van der Waals surface area (Å²) in [7, 11) is 0. The Morgan fingerprint density at radius 2 is 1.42 bits per heavy atom. The first-order valence-electron chi connectivity index (χ1n) is 8.39. The molecule has 0 aliphatic carbocycles. The summed E-state index contributed by atoms with van der Waals surface area (Å²) in [6, 6.07) is 19.1. The van der Waals surface area contributed by atoms with E-state index in [-0.39, 0.29) is 12.1 Å². The molecule has 0 N–H and O–H groups in total. The van der Waals surface area contributed by atoms with Gasteiger partial charge in [-0.25, -0.2) is 0 Å². The molecule has 4 rings (SSSR count).